The van der Waals surface area contributed by atoms with E-state index in [1.165, 1.54) is 36.8 Å². The van der Waals surface area contributed by atoms with Crippen LogP contribution in [0.15, 0.2) is 11.7 Å². The zero-order chi connectivity index (χ0) is 28.4. The van der Waals surface area contributed by atoms with Crippen molar-refractivity contribution in [1.82, 2.24) is 25.4 Å². The molecule has 1 saturated carbocycles. The summed E-state index contributed by atoms with van der Waals surface area (Å²) in [5, 5.41) is 5.62. The van der Waals surface area contributed by atoms with E-state index in [4.69, 9.17) is 4.74 Å². The fraction of sp³-hybridized carbons (Fsp3) is 0.750. The number of hydrogen-bond acceptors (Lipinski definition) is 7. The second-order valence-corrected chi connectivity index (χ2v) is 13.4. The van der Waals surface area contributed by atoms with Gasteiger partial charge in [-0.05, 0) is 25.7 Å². The summed E-state index contributed by atoms with van der Waals surface area (Å²) in [4.78, 5) is 60.8. The second-order valence-electron chi connectivity index (χ2n) is 12.5. The maximum Gasteiger partial charge on any atom is 0.265 e. The van der Waals surface area contributed by atoms with Crippen molar-refractivity contribution in [2.45, 2.75) is 71.9 Å². The summed E-state index contributed by atoms with van der Waals surface area (Å²) < 4.78 is 6.12. The molecule has 2 N–H and O–H groups in total. The van der Waals surface area contributed by atoms with Crippen molar-refractivity contribution in [3.05, 3.63) is 16.6 Å². The molecule has 11 heteroatoms. The van der Waals surface area contributed by atoms with Crippen LogP contribution in [0.25, 0.3) is 0 Å². The van der Waals surface area contributed by atoms with E-state index in [1.54, 1.807) is 22.4 Å². The summed E-state index contributed by atoms with van der Waals surface area (Å²) in [7, 11) is 1.55. The molecule has 0 aromatic carbocycles. The van der Waals surface area contributed by atoms with Crippen LogP contribution >= 0.6 is 11.3 Å². The monoisotopic (exact) mass is 561 g/mol. The third kappa shape index (κ3) is 6.45. The standard InChI is InChI=1S/C28H43N5O5S/c1-18(38-13-19-9-7-6-8-10-19)22(24(35)29-5)31-23(34)20-12-32(25(36)21-11-30-17-39-21)14-28(20)15-33(16-28)26(37)27(2,3)4/h11,17-20,22H,6-10,12-16H2,1-5H3,(H,29,35)(H,31,34)/t18-,20-,22+/m1/s1. The number of nitrogens with one attached hydrogen (secondary N) is 2. The van der Waals surface area contributed by atoms with Crippen molar-refractivity contribution in [3.8, 4) is 0 Å². The van der Waals surface area contributed by atoms with Gasteiger partial charge in [0, 0.05) is 50.7 Å². The lowest BCUT2D eigenvalue weighted by molar-refractivity contribution is -0.157. The molecule has 4 rings (SSSR count). The molecule has 0 bridgehead atoms. The SMILES string of the molecule is CNC(=O)[C@@H](NC(=O)[C@H]1CN(C(=O)c2cncs2)CC12CN(C(=O)C(C)(C)C)C2)[C@@H](C)OCC1CCCCC1. The molecule has 3 heterocycles. The van der Waals surface area contributed by atoms with Gasteiger partial charge >= 0.3 is 0 Å². The predicted octanol–water partition coefficient (Wildman–Crippen LogP) is 2.31. The van der Waals surface area contributed by atoms with Gasteiger partial charge in [-0.3, -0.25) is 24.2 Å². The topological polar surface area (TPSA) is 121 Å². The van der Waals surface area contributed by atoms with Crippen LogP contribution in [0.1, 0.15) is 69.5 Å². The molecule has 2 saturated heterocycles. The molecule has 1 spiro atoms. The maximum atomic E-state index is 13.8. The van der Waals surface area contributed by atoms with Gasteiger partial charge in [0.2, 0.25) is 17.7 Å². The minimum Gasteiger partial charge on any atom is -0.376 e. The first-order chi connectivity index (χ1) is 18.4. The minimum absolute atomic E-state index is 0.0208. The number of carbonyl (C=O) groups is 4. The van der Waals surface area contributed by atoms with E-state index in [0.29, 0.717) is 37.0 Å². The largest absolute Gasteiger partial charge is 0.376 e. The average Bonchev–Trinajstić information content (AvgIpc) is 3.57. The summed E-state index contributed by atoms with van der Waals surface area (Å²) >= 11 is 1.26. The molecule has 1 aromatic heterocycles. The Hall–Kier alpha value is -2.53. The van der Waals surface area contributed by atoms with Crippen molar-refractivity contribution >= 4 is 35.0 Å². The minimum atomic E-state index is -0.859. The lowest BCUT2D eigenvalue weighted by Gasteiger charge is -2.52. The zero-order valence-corrected chi connectivity index (χ0v) is 24.6. The number of aromatic nitrogens is 1. The number of rotatable bonds is 8. The van der Waals surface area contributed by atoms with Crippen molar-refractivity contribution in [1.29, 1.82) is 0 Å². The number of thiazole rings is 1. The van der Waals surface area contributed by atoms with Crippen molar-refractivity contribution in [3.63, 3.8) is 0 Å². The Bertz CT molecular complexity index is 1040. The van der Waals surface area contributed by atoms with E-state index in [1.807, 2.05) is 27.7 Å². The van der Waals surface area contributed by atoms with Gasteiger partial charge in [-0.1, -0.05) is 40.0 Å². The van der Waals surface area contributed by atoms with Gasteiger partial charge < -0.3 is 25.2 Å². The lowest BCUT2D eigenvalue weighted by Crippen LogP contribution is -2.66. The fourth-order valence-corrected chi connectivity index (χ4v) is 6.74. The van der Waals surface area contributed by atoms with Crippen LogP contribution in [-0.4, -0.2) is 90.4 Å². The van der Waals surface area contributed by atoms with E-state index < -0.39 is 28.9 Å². The number of nitrogens with zero attached hydrogens (tertiary/aromatic N) is 3. The highest BCUT2D eigenvalue weighted by molar-refractivity contribution is 7.11. The second kappa shape index (κ2) is 11.9. The Labute approximate surface area is 235 Å². The molecule has 0 unspecified atom stereocenters. The molecule has 0 radical (unpaired) electrons. The van der Waals surface area contributed by atoms with Gasteiger partial charge in [0.1, 0.15) is 10.9 Å². The van der Waals surface area contributed by atoms with E-state index in [0.717, 1.165) is 12.8 Å². The van der Waals surface area contributed by atoms with Crippen LogP contribution in [0, 0.1) is 22.7 Å². The van der Waals surface area contributed by atoms with Crippen LogP contribution in [0.5, 0.6) is 0 Å². The first kappa shape index (κ1) is 29.5. The maximum absolute atomic E-state index is 13.8. The summed E-state index contributed by atoms with van der Waals surface area (Å²) in [6, 6.07) is -0.859. The van der Waals surface area contributed by atoms with E-state index in [2.05, 4.69) is 15.6 Å². The molecule has 3 atom stereocenters. The van der Waals surface area contributed by atoms with E-state index >= 15 is 0 Å². The number of likely N-dealkylation sites (N-methyl/N-ethyl adjacent to an activating group) is 1. The van der Waals surface area contributed by atoms with Crippen molar-refractivity contribution in [2.75, 3.05) is 39.8 Å². The van der Waals surface area contributed by atoms with E-state index in [9.17, 15) is 19.2 Å². The molecular weight excluding hydrogens is 518 g/mol. The molecule has 3 aliphatic rings. The van der Waals surface area contributed by atoms with Gasteiger partial charge in [0.15, 0.2) is 0 Å². The van der Waals surface area contributed by atoms with Crippen LogP contribution < -0.4 is 10.6 Å². The number of likely N-dealkylation sites (tertiary alicyclic amines) is 2. The smallest absolute Gasteiger partial charge is 0.265 e. The van der Waals surface area contributed by atoms with Crippen LogP contribution in [-0.2, 0) is 19.1 Å². The van der Waals surface area contributed by atoms with E-state index in [-0.39, 0.29) is 30.2 Å². The van der Waals surface area contributed by atoms with Crippen LogP contribution in [0.2, 0.25) is 0 Å². The molecule has 2 aliphatic heterocycles. The average molecular weight is 562 g/mol. The first-order valence-electron chi connectivity index (χ1n) is 14.1. The summed E-state index contributed by atoms with van der Waals surface area (Å²) in [5.41, 5.74) is 0.509. The summed E-state index contributed by atoms with van der Waals surface area (Å²) in [5.74, 6) is -0.835. The highest BCUT2D eigenvalue weighted by atomic mass is 32.1. The number of amides is 4. The normalized spacial score (nSPS) is 22.7. The van der Waals surface area contributed by atoms with Crippen LogP contribution in [0.4, 0.5) is 0 Å². The van der Waals surface area contributed by atoms with Gasteiger partial charge in [-0.25, -0.2) is 0 Å². The Balaban J connectivity index is 1.48. The zero-order valence-electron chi connectivity index (χ0n) is 23.8. The molecule has 4 amide bonds. The summed E-state index contributed by atoms with van der Waals surface area (Å²) in [6.07, 6.45) is 6.94. The Kier molecular flexibility index (Phi) is 9.00. The van der Waals surface area contributed by atoms with Gasteiger partial charge in [0.05, 0.1) is 23.7 Å². The van der Waals surface area contributed by atoms with Gasteiger partial charge in [0.25, 0.3) is 5.91 Å². The number of carbonyl (C=O) groups excluding carboxylic acids is 4. The summed E-state index contributed by atoms with van der Waals surface area (Å²) in [6.45, 7) is 9.40. The molecule has 3 fully saturated rings. The van der Waals surface area contributed by atoms with Gasteiger partial charge in [-0.15, -0.1) is 11.3 Å². The fourth-order valence-electron chi connectivity index (χ4n) is 6.16. The molecule has 216 valence electrons. The Morgan fingerprint density at radius 3 is 2.38 bits per heavy atom. The predicted molar refractivity (Wildman–Crippen MR) is 148 cm³/mol. The highest BCUT2D eigenvalue weighted by Gasteiger charge is 2.59. The third-order valence-electron chi connectivity index (χ3n) is 8.45. The van der Waals surface area contributed by atoms with Crippen LogP contribution in [0.3, 0.4) is 0 Å². The Morgan fingerprint density at radius 2 is 1.79 bits per heavy atom. The van der Waals surface area contributed by atoms with Crippen molar-refractivity contribution < 1.29 is 23.9 Å². The lowest BCUT2D eigenvalue weighted by atomic mass is 9.70. The quantitative estimate of drug-likeness (QED) is 0.503. The third-order valence-corrected chi connectivity index (χ3v) is 9.21. The van der Waals surface area contributed by atoms with Gasteiger partial charge in [-0.2, -0.15) is 0 Å². The number of hydrogen-bond donors (Lipinski definition) is 2. The number of ether oxygens (including phenoxy) is 1. The molecule has 10 nitrogen and oxygen atoms in total. The first-order valence-corrected chi connectivity index (χ1v) is 14.9. The molecular formula is C28H43N5O5S. The Morgan fingerprint density at radius 1 is 1.13 bits per heavy atom. The highest BCUT2D eigenvalue weighted by Crippen LogP contribution is 2.46. The molecule has 1 aliphatic carbocycles. The van der Waals surface area contributed by atoms with Crippen molar-refractivity contribution in [2.24, 2.45) is 22.7 Å². The molecule has 39 heavy (non-hydrogen) atoms. The molecule has 1 aromatic rings.